The zero-order chi connectivity index (χ0) is 18.5. The number of thioether (sulfide) groups is 1. The lowest BCUT2D eigenvalue weighted by Gasteiger charge is -2.23. The van der Waals surface area contributed by atoms with Crippen molar-refractivity contribution in [1.29, 1.82) is 0 Å². The molecule has 3 nitrogen and oxygen atoms in total. The fraction of sp³-hybridized carbons (Fsp3) is 0.333. The molecule has 136 valence electrons. The van der Waals surface area contributed by atoms with Crippen LogP contribution in [-0.4, -0.2) is 29.3 Å². The van der Waals surface area contributed by atoms with Crippen molar-refractivity contribution in [2.45, 2.75) is 32.7 Å². The summed E-state index contributed by atoms with van der Waals surface area (Å²) in [6.45, 7) is 4.60. The Morgan fingerprint density at radius 1 is 1.15 bits per heavy atom. The average molecular weight is 431 g/mol. The number of hydrogen-bond acceptors (Lipinski definition) is 4. The molecule has 2 aromatic carbocycles. The Hall–Kier alpha value is -1.59. The van der Waals surface area contributed by atoms with Gasteiger partial charge in [-0.15, -0.1) is 0 Å². The summed E-state index contributed by atoms with van der Waals surface area (Å²) < 4.78 is 0.975. The van der Waals surface area contributed by atoms with Crippen LogP contribution in [-0.2, 0) is 6.42 Å². The van der Waals surface area contributed by atoms with E-state index in [0.29, 0.717) is 12.6 Å². The van der Waals surface area contributed by atoms with E-state index in [9.17, 15) is 4.79 Å². The van der Waals surface area contributed by atoms with Gasteiger partial charge in [-0.25, -0.2) is 0 Å². The predicted molar refractivity (Wildman–Crippen MR) is 116 cm³/mol. The van der Waals surface area contributed by atoms with Gasteiger partial charge in [0.25, 0.3) is 0 Å². The maximum absolute atomic E-state index is 12.8. The fourth-order valence-electron chi connectivity index (χ4n) is 2.81. The van der Waals surface area contributed by atoms with Crippen molar-refractivity contribution < 1.29 is 4.79 Å². The first-order chi connectivity index (χ1) is 12.6. The molecule has 0 aromatic heterocycles. The third kappa shape index (κ3) is 4.57. The van der Waals surface area contributed by atoms with Gasteiger partial charge in [-0.05, 0) is 42.7 Å². The largest absolute Gasteiger partial charge is 0.313 e. The molecule has 1 aliphatic rings. The second kappa shape index (κ2) is 8.87. The molecule has 26 heavy (non-hydrogen) atoms. The molecule has 2 aromatic rings. The summed E-state index contributed by atoms with van der Waals surface area (Å²) in [6.07, 6.45) is 2.03. The van der Waals surface area contributed by atoms with E-state index in [2.05, 4.69) is 58.9 Å². The molecular formula is C21H23BrN2OS. The monoisotopic (exact) mass is 430 g/mol. The number of rotatable bonds is 6. The molecule has 3 rings (SSSR count). The number of carbonyl (C=O) groups excluding carboxylic acids is 1. The summed E-state index contributed by atoms with van der Waals surface area (Å²) in [5.41, 5.74) is 3.04. The van der Waals surface area contributed by atoms with E-state index in [1.807, 2.05) is 24.3 Å². The number of carbonyl (C=O) groups is 1. The van der Waals surface area contributed by atoms with Crippen molar-refractivity contribution >= 4 is 44.3 Å². The van der Waals surface area contributed by atoms with E-state index in [4.69, 9.17) is 4.99 Å². The van der Waals surface area contributed by atoms with Crippen LogP contribution in [0.15, 0.2) is 58.0 Å². The van der Waals surface area contributed by atoms with Crippen molar-refractivity contribution in [3.63, 3.8) is 0 Å². The van der Waals surface area contributed by atoms with Gasteiger partial charge in [0.2, 0.25) is 0 Å². The third-order valence-electron chi connectivity index (χ3n) is 4.52. The molecule has 0 saturated carbocycles. The molecule has 0 amide bonds. The highest BCUT2D eigenvalue weighted by atomic mass is 79.9. The van der Waals surface area contributed by atoms with E-state index in [0.717, 1.165) is 39.5 Å². The molecule has 5 heteroatoms. The van der Waals surface area contributed by atoms with Crippen LogP contribution in [0.2, 0.25) is 0 Å². The maximum atomic E-state index is 12.8. The number of benzene rings is 2. The molecule has 1 atom stereocenters. The molecule has 1 heterocycles. The standard InChI is InChI=1S/C21H23BrN2OS/c1-3-15-5-11-19(12-6-15)24(21-23-18(4-2)14-26-21)13-20(25)16-7-9-17(22)10-8-16/h5-12,18H,3-4,13-14H2,1-2H3. The normalized spacial score (nSPS) is 16.4. The van der Waals surface area contributed by atoms with E-state index in [1.165, 1.54) is 5.56 Å². The highest BCUT2D eigenvalue weighted by molar-refractivity contribution is 9.10. The lowest BCUT2D eigenvalue weighted by Crippen LogP contribution is -2.33. The molecular weight excluding hydrogens is 408 g/mol. The zero-order valence-corrected chi connectivity index (χ0v) is 17.5. The number of aryl methyl sites for hydroxylation is 1. The molecule has 0 radical (unpaired) electrons. The van der Waals surface area contributed by atoms with Gasteiger partial charge in [-0.3, -0.25) is 9.79 Å². The Morgan fingerprint density at radius 3 is 2.42 bits per heavy atom. The third-order valence-corrected chi connectivity index (χ3v) is 6.19. The van der Waals surface area contributed by atoms with Gasteiger partial charge in [0.05, 0.1) is 12.6 Å². The number of nitrogens with zero attached hydrogens (tertiary/aromatic N) is 2. The first-order valence-corrected chi connectivity index (χ1v) is 10.7. The van der Waals surface area contributed by atoms with E-state index < -0.39 is 0 Å². The lowest BCUT2D eigenvalue weighted by molar-refractivity contribution is 0.100. The summed E-state index contributed by atoms with van der Waals surface area (Å²) in [5.74, 6) is 1.09. The minimum Gasteiger partial charge on any atom is -0.313 e. The Labute approximate surface area is 168 Å². The Kier molecular flexibility index (Phi) is 6.54. The molecule has 1 aliphatic heterocycles. The van der Waals surface area contributed by atoms with Crippen molar-refractivity contribution in [2.75, 3.05) is 17.2 Å². The molecule has 0 spiro atoms. The quantitative estimate of drug-likeness (QED) is 0.560. The summed E-state index contributed by atoms with van der Waals surface area (Å²) >= 11 is 5.16. The highest BCUT2D eigenvalue weighted by Gasteiger charge is 2.25. The Balaban J connectivity index is 1.87. The van der Waals surface area contributed by atoms with Crippen LogP contribution in [0.5, 0.6) is 0 Å². The Bertz CT molecular complexity index is 787. The van der Waals surface area contributed by atoms with Crippen LogP contribution in [0.25, 0.3) is 0 Å². The van der Waals surface area contributed by atoms with Crippen LogP contribution in [0.3, 0.4) is 0 Å². The number of anilines is 1. The maximum Gasteiger partial charge on any atom is 0.182 e. The summed E-state index contributed by atoms with van der Waals surface area (Å²) in [4.78, 5) is 19.7. The van der Waals surface area contributed by atoms with Crippen molar-refractivity contribution in [1.82, 2.24) is 0 Å². The van der Waals surface area contributed by atoms with Crippen LogP contribution >= 0.6 is 27.7 Å². The number of aliphatic imine (C=N–C) groups is 1. The van der Waals surface area contributed by atoms with Gasteiger partial charge < -0.3 is 4.90 Å². The van der Waals surface area contributed by atoms with Gasteiger partial charge in [0.1, 0.15) is 0 Å². The van der Waals surface area contributed by atoms with Gasteiger partial charge in [-0.1, -0.05) is 65.8 Å². The molecule has 0 N–H and O–H groups in total. The zero-order valence-electron chi connectivity index (χ0n) is 15.1. The molecule has 0 aliphatic carbocycles. The van der Waals surface area contributed by atoms with Crippen LogP contribution in [0.4, 0.5) is 5.69 Å². The van der Waals surface area contributed by atoms with Crippen molar-refractivity contribution in [3.8, 4) is 0 Å². The van der Waals surface area contributed by atoms with Gasteiger partial charge >= 0.3 is 0 Å². The SMILES string of the molecule is CCc1ccc(N(CC(=O)c2ccc(Br)cc2)C2=NC(CC)CS2)cc1. The predicted octanol–water partition coefficient (Wildman–Crippen LogP) is 5.58. The minimum atomic E-state index is 0.0975. The number of ketones is 1. The summed E-state index contributed by atoms with van der Waals surface area (Å²) in [7, 11) is 0. The average Bonchev–Trinajstić information content (AvgIpc) is 3.15. The molecule has 0 bridgehead atoms. The van der Waals surface area contributed by atoms with E-state index in [-0.39, 0.29) is 5.78 Å². The van der Waals surface area contributed by atoms with Crippen LogP contribution in [0.1, 0.15) is 36.2 Å². The van der Waals surface area contributed by atoms with Gasteiger partial charge in [-0.2, -0.15) is 0 Å². The molecule has 0 saturated heterocycles. The molecule has 1 unspecified atom stereocenters. The number of Topliss-reactive ketones (excluding diaryl/α,β-unsaturated/α-hetero) is 1. The van der Waals surface area contributed by atoms with Gasteiger partial charge in [0, 0.05) is 21.5 Å². The van der Waals surface area contributed by atoms with Crippen LogP contribution in [0, 0.1) is 0 Å². The lowest BCUT2D eigenvalue weighted by atomic mass is 10.1. The summed E-state index contributed by atoms with van der Waals surface area (Å²) in [6, 6.07) is 16.3. The second-order valence-electron chi connectivity index (χ2n) is 6.32. The van der Waals surface area contributed by atoms with Crippen molar-refractivity contribution in [3.05, 3.63) is 64.1 Å². The number of halogens is 1. The van der Waals surface area contributed by atoms with E-state index >= 15 is 0 Å². The fourth-order valence-corrected chi connectivity index (χ4v) is 4.28. The Morgan fingerprint density at radius 2 is 1.85 bits per heavy atom. The van der Waals surface area contributed by atoms with E-state index in [1.54, 1.807) is 11.8 Å². The first-order valence-electron chi connectivity index (χ1n) is 8.96. The number of hydrogen-bond donors (Lipinski definition) is 0. The van der Waals surface area contributed by atoms with Crippen molar-refractivity contribution in [2.24, 2.45) is 4.99 Å². The van der Waals surface area contributed by atoms with Crippen LogP contribution < -0.4 is 4.90 Å². The highest BCUT2D eigenvalue weighted by Crippen LogP contribution is 2.27. The topological polar surface area (TPSA) is 32.7 Å². The smallest absolute Gasteiger partial charge is 0.182 e. The number of amidine groups is 1. The molecule has 0 fully saturated rings. The second-order valence-corrected chi connectivity index (χ2v) is 8.22. The minimum absolute atomic E-state index is 0.0975. The van der Waals surface area contributed by atoms with Gasteiger partial charge in [0.15, 0.2) is 11.0 Å². The summed E-state index contributed by atoms with van der Waals surface area (Å²) in [5, 5.41) is 0.951. The first kappa shape index (κ1) is 19.2.